The molecule has 1 aliphatic rings. The van der Waals surface area contributed by atoms with E-state index in [0.717, 1.165) is 4.88 Å². The van der Waals surface area contributed by atoms with E-state index in [1.54, 1.807) is 11.3 Å². The molecule has 0 bridgehead atoms. The summed E-state index contributed by atoms with van der Waals surface area (Å²) in [5.41, 5.74) is 0. The molecule has 2 heterocycles. The Kier molecular flexibility index (Phi) is 5.33. The smallest absolute Gasteiger partial charge is 0.234 e. The van der Waals surface area contributed by atoms with Gasteiger partial charge in [-0.1, -0.05) is 6.07 Å². The van der Waals surface area contributed by atoms with Gasteiger partial charge in [0.2, 0.25) is 5.91 Å². The van der Waals surface area contributed by atoms with Gasteiger partial charge in [-0.15, -0.1) is 11.3 Å². The average molecular weight is 284 g/mol. The zero-order valence-corrected chi connectivity index (χ0v) is 11.9. The van der Waals surface area contributed by atoms with Crippen LogP contribution in [0.2, 0.25) is 0 Å². The first-order valence-electron chi connectivity index (χ1n) is 6.44. The minimum atomic E-state index is -0.179. The summed E-state index contributed by atoms with van der Waals surface area (Å²) in [6.45, 7) is 4.12. The Balaban J connectivity index is 1.77. The molecular weight excluding hydrogens is 264 g/mol. The van der Waals surface area contributed by atoms with Crippen molar-refractivity contribution in [3.63, 3.8) is 0 Å². The van der Waals surface area contributed by atoms with Gasteiger partial charge < -0.3 is 15.2 Å². The fourth-order valence-corrected chi connectivity index (χ4v) is 2.69. The van der Waals surface area contributed by atoms with Crippen LogP contribution in [0.15, 0.2) is 17.5 Å². The minimum absolute atomic E-state index is 0.0000341. The molecule has 1 aromatic rings. The molecule has 1 aliphatic heterocycles. The fourth-order valence-electron chi connectivity index (χ4n) is 2.05. The van der Waals surface area contributed by atoms with Gasteiger partial charge in [-0.25, -0.2) is 0 Å². The van der Waals surface area contributed by atoms with Crippen LogP contribution in [-0.2, 0) is 16.1 Å². The molecule has 106 valence electrons. The third kappa shape index (κ3) is 4.28. The van der Waals surface area contributed by atoms with Crippen LogP contribution in [0.3, 0.4) is 0 Å². The first kappa shape index (κ1) is 14.5. The van der Waals surface area contributed by atoms with Crippen molar-refractivity contribution < 1.29 is 14.6 Å². The lowest BCUT2D eigenvalue weighted by molar-refractivity contribution is -0.127. The van der Waals surface area contributed by atoms with Crippen LogP contribution >= 0.6 is 11.3 Å². The molecular formula is C13H20N2O3S. The molecule has 6 heteroatoms. The van der Waals surface area contributed by atoms with Gasteiger partial charge >= 0.3 is 0 Å². The quantitative estimate of drug-likeness (QED) is 0.824. The molecule has 0 radical (unpaired) electrons. The molecule has 19 heavy (non-hydrogen) atoms. The number of hydrogen-bond donors (Lipinski definition) is 2. The predicted octanol–water partition coefficient (Wildman–Crippen LogP) is 0.446. The fraction of sp³-hybridized carbons (Fsp3) is 0.615. The third-order valence-electron chi connectivity index (χ3n) is 3.22. The van der Waals surface area contributed by atoms with Gasteiger partial charge in [0, 0.05) is 17.5 Å². The van der Waals surface area contributed by atoms with E-state index in [2.05, 4.69) is 5.32 Å². The summed E-state index contributed by atoms with van der Waals surface area (Å²) in [6, 6.07) is 4.18. The van der Waals surface area contributed by atoms with E-state index in [-0.39, 0.29) is 24.7 Å². The van der Waals surface area contributed by atoms with E-state index in [1.807, 2.05) is 29.3 Å². The zero-order valence-electron chi connectivity index (χ0n) is 11.0. The first-order chi connectivity index (χ1) is 9.19. The summed E-state index contributed by atoms with van der Waals surface area (Å²) in [7, 11) is 0. The normalized spacial score (nSPS) is 24.3. The van der Waals surface area contributed by atoms with Gasteiger partial charge in [-0.2, -0.15) is 0 Å². The van der Waals surface area contributed by atoms with Crippen molar-refractivity contribution >= 4 is 17.2 Å². The second kappa shape index (κ2) is 7.00. The van der Waals surface area contributed by atoms with Crippen LogP contribution in [0, 0.1) is 0 Å². The Morgan fingerprint density at radius 1 is 1.68 bits per heavy atom. The highest BCUT2D eigenvalue weighted by molar-refractivity contribution is 7.09. The maximum Gasteiger partial charge on any atom is 0.234 e. The molecule has 5 nitrogen and oxygen atoms in total. The van der Waals surface area contributed by atoms with E-state index in [4.69, 9.17) is 9.84 Å². The van der Waals surface area contributed by atoms with Crippen molar-refractivity contribution in [2.24, 2.45) is 0 Å². The first-order valence-corrected chi connectivity index (χ1v) is 7.32. The molecule has 1 saturated heterocycles. The van der Waals surface area contributed by atoms with Gasteiger partial charge in [0.1, 0.15) is 0 Å². The Morgan fingerprint density at radius 3 is 3.21 bits per heavy atom. The number of aliphatic hydroxyl groups excluding tert-OH is 1. The summed E-state index contributed by atoms with van der Waals surface area (Å²) < 4.78 is 5.45. The number of thiophene rings is 1. The van der Waals surface area contributed by atoms with Crippen molar-refractivity contribution in [3.05, 3.63) is 22.4 Å². The second-order valence-corrected chi connectivity index (χ2v) is 5.80. The molecule has 0 saturated carbocycles. The van der Waals surface area contributed by atoms with Crippen molar-refractivity contribution in [2.45, 2.75) is 25.6 Å². The van der Waals surface area contributed by atoms with Gasteiger partial charge in [0.15, 0.2) is 0 Å². The number of nitrogens with one attached hydrogen (secondary N) is 1. The van der Waals surface area contributed by atoms with Gasteiger partial charge in [-0.05, 0) is 18.4 Å². The average Bonchev–Trinajstić information content (AvgIpc) is 2.92. The number of nitrogens with zero attached hydrogens (tertiary/aromatic N) is 1. The molecule has 2 unspecified atom stereocenters. The van der Waals surface area contributed by atoms with Crippen molar-refractivity contribution in [1.29, 1.82) is 0 Å². The standard InChI is InChI=1S/C13H20N2O3S/c1-10-9-18-11(8-16)6-15(10)7-13(17)14-5-12-3-2-4-19-12/h2-4,10-11,16H,5-9H2,1H3,(H,14,17). The lowest BCUT2D eigenvalue weighted by Gasteiger charge is -2.36. The molecule has 0 aliphatic carbocycles. The maximum atomic E-state index is 11.9. The van der Waals surface area contributed by atoms with Crippen LogP contribution in [0.25, 0.3) is 0 Å². The number of rotatable bonds is 5. The SMILES string of the molecule is CC1COC(CO)CN1CC(=O)NCc1cccs1. The second-order valence-electron chi connectivity index (χ2n) is 4.77. The highest BCUT2D eigenvalue weighted by Gasteiger charge is 2.26. The Hall–Kier alpha value is -0.950. The monoisotopic (exact) mass is 284 g/mol. The lowest BCUT2D eigenvalue weighted by Crippen LogP contribution is -2.52. The van der Waals surface area contributed by atoms with Gasteiger partial charge in [-0.3, -0.25) is 9.69 Å². The topological polar surface area (TPSA) is 61.8 Å². The summed E-state index contributed by atoms with van der Waals surface area (Å²) in [6.07, 6.45) is -0.179. The molecule has 2 rings (SSSR count). The number of hydrogen-bond acceptors (Lipinski definition) is 5. The van der Waals surface area contributed by atoms with E-state index < -0.39 is 0 Å². The van der Waals surface area contributed by atoms with E-state index in [0.29, 0.717) is 26.2 Å². The van der Waals surface area contributed by atoms with Crippen LogP contribution in [0.4, 0.5) is 0 Å². The van der Waals surface area contributed by atoms with Crippen molar-refractivity contribution in [2.75, 3.05) is 26.3 Å². The van der Waals surface area contributed by atoms with Crippen LogP contribution in [0.1, 0.15) is 11.8 Å². The Labute approximate surface area is 117 Å². The lowest BCUT2D eigenvalue weighted by atomic mass is 10.2. The molecule has 1 amide bonds. The number of ether oxygens (including phenoxy) is 1. The van der Waals surface area contributed by atoms with E-state index in [9.17, 15) is 4.79 Å². The van der Waals surface area contributed by atoms with E-state index in [1.165, 1.54) is 0 Å². The van der Waals surface area contributed by atoms with Crippen LogP contribution in [-0.4, -0.2) is 54.4 Å². The predicted molar refractivity (Wildman–Crippen MR) is 74.0 cm³/mol. The number of morpholine rings is 1. The van der Waals surface area contributed by atoms with Crippen LogP contribution < -0.4 is 5.32 Å². The number of aliphatic hydroxyl groups is 1. The van der Waals surface area contributed by atoms with Gasteiger partial charge in [0.05, 0.1) is 32.4 Å². The maximum absolute atomic E-state index is 11.9. The third-order valence-corrected chi connectivity index (χ3v) is 4.10. The summed E-state index contributed by atoms with van der Waals surface area (Å²) >= 11 is 1.63. The summed E-state index contributed by atoms with van der Waals surface area (Å²) in [5.74, 6) is 0.0128. The summed E-state index contributed by atoms with van der Waals surface area (Å²) in [5, 5.41) is 14.0. The number of carbonyl (C=O) groups excluding carboxylic acids is 1. The number of carbonyl (C=O) groups is 1. The summed E-state index contributed by atoms with van der Waals surface area (Å²) in [4.78, 5) is 15.1. The zero-order chi connectivity index (χ0) is 13.7. The molecule has 0 aromatic carbocycles. The molecule has 0 spiro atoms. The molecule has 1 fully saturated rings. The molecule has 1 aromatic heterocycles. The largest absolute Gasteiger partial charge is 0.394 e. The highest BCUT2D eigenvalue weighted by atomic mass is 32.1. The minimum Gasteiger partial charge on any atom is -0.394 e. The van der Waals surface area contributed by atoms with Crippen molar-refractivity contribution in [1.82, 2.24) is 10.2 Å². The highest BCUT2D eigenvalue weighted by Crippen LogP contribution is 2.11. The molecule has 2 N–H and O–H groups in total. The Morgan fingerprint density at radius 2 is 2.53 bits per heavy atom. The van der Waals surface area contributed by atoms with Crippen molar-refractivity contribution in [3.8, 4) is 0 Å². The number of amides is 1. The van der Waals surface area contributed by atoms with Gasteiger partial charge in [0.25, 0.3) is 0 Å². The molecule has 2 atom stereocenters. The van der Waals surface area contributed by atoms with Crippen LogP contribution in [0.5, 0.6) is 0 Å². The van der Waals surface area contributed by atoms with E-state index >= 15 is 0 Å². The Bertz CT molecular complexity index is 397.